The molecule has 0 spiro atoms. The molecule has 3 heterocycles. The van der Waals surface area contributed by atoms with Gasteiger partial charge >= 0.3 is 0 Å². The Kier molecular flexibility index (Phi) is 9.54. The first-order chi connectivity index (χ1) is 16.0. The maximum Gasteiger partial charge on any atom is 0.187 e. The first-order valence-corrected chi connectivity index (χ1v) is 10.6. The molecule has 0 amide bonds. The Bertz CT molecular complexity index is 639. The zero-order chi connectivity index (χ0) is 25.3. The highest BCUT2D eigenvalue weighted by molar-refractivity contribution is 4.96. The van der Waals surface area contributed by atoms with Crippen LogP contribution in [-0.4, -0.2) is 168 Å². The lowest BCUT2D eigenvalue weighted by atomic mass is 9.96. The van der Waals surface area contributed by atoms with Crippen LogP contribution in [0.15, 0.2) is 0 Å². The Morgan fingerprint density at radius 2 is 0.912 bits per heavy atom. The minimum atomic E-state index is -1.89. The molecule has 200 valence electrons. The molecule has 1 unspecified atom stereocenters. The van der Waals surface area contributed by atoms with Gasteiger partial charge in [0, 0.05) is 0 Å². The molecule has 15 atom stereocenters. The monoisotopic (exact) mass is 504 g/mol. The van der Waals surface area contributed by atoms with Gasteiger partial charge in [0.1, 0.15) is 73.2 Å². The molecule has 0 radical (unpaired) electrons. The highest BCUT2D eigenvalue weighted by Gasteiger charge is 2.53. The number of hydrogen-bond acceptors (Lipinski definition) is 16. The Morgan fingerprint density at radius 3 is 1.47 bits per heavy atom. The van der Waals surface area contributed by atoms with Gasteiger partial charge in [-0.1, -0.05) is 0 Å². The van der Waals surface area contributed by atoms with Crippen molar-refractivity contribution in [1.82, 2.24) is 0 Å². The molecule has 0 aromatic heterocycles. The quantitative estimate of drug-likeness (QED) is 0.154. The summed E-state index contributed by atoms with van der Waals surface area (Å²) in [7, 11) is 0. The van der Waals surface area contributed by atoms with Gasteiger partial charge in [0.15, 0.2) is 18.9 Å². The summed E-state index contributed by atoms with van der Waals surface area (Å²) < 4.78 is 26.5. The zero-order valence-corrected chi connectivity index (χ0v) is 17.7. The summed E-state index contributed by atoms with van der Waals surface area (Å²) in [4.78, 5) is 0. The van der Waals surface area contributed by atoms with E-state index in [-0.39, 0.29) is 0 Å². The van der Waals surface area contributed by atoms with Crippen molar-refractivity contribution in [3.8, 4) is 0 Å². The van der Waals surface area contributed by atoms with Crippen molar-refractivity contribution in [2.45, 2.75) is 92.1 Å². The van der Waals surface area contributed by atoms with Crippen molar-refractivity contribution < 1.29 is 79.9 Å². The predicted molar refractivity (Wildman–Crippen MR) is 101 cm³/mol. The van der Waals surface area contributed by atoms with Crippen LogP contribution in [0.3, 0.4) is 0 Å². The second-order valence-electron chi connectivity index (χ2n) is 8.33. The molecule has 11 N–H and O–H groups in total. The molecule has 0 aromatic rings. The average Bonchev–Trinajstić information content (AvgIpc) is 2.83. The Morgan fingerprint density at radius 1 is 0.441 bits per heavy atom. The maximum absolute atomic E-state index is 10.6. The molecule has 0 aromatic carbocycles. The molecule has 34 heavy (non-hydrogen) atoms. The third-order valence-electron chi connectivity index (χ3n) is 6.10. The maximum atomic E-state index is 10.6. The van der Waals surface area contributed by atoms with Gasteiger partial charge in [-0.25, -0.2) is 0 Å². The van der Waals surface area contributed by atoms with Gasteiger partial charge in [-0.05, 0) is 0 Å². The van der Waals surface area contributed by atoms with Crippen molar-refractivity contribution >= 4 is 0 Å². The van der Waals surface area contributed by atoms with Crippen LogP contribution in [0.1, 0.15) is 0 Å². The van der Waals surface area contributed by atoms with Gasteiger partial charge in [-0.2, -0.15) is 0 Å². The van der Waals surface area contributed by atoms with E-state index in [1.807, 2.05) is 0 Å². The van der Waals surface area contributed by atoms with E-state index in [1.54, 1.807) is 0 Å². The normalized spacial score (nSPS) is 52.5. The molecule has 16 nitrogen and oxygen atoms in total. The standard InChI is InChI=1S/C18H32O16/c19-1-4-7(22)10(25)12(27)17(31-4)34-15-11(26)8(23)5(2-20)32-18(15)33-14-9(24)6(3-21)30-16(29)13(14)28/h4-29H,1-3H2/t4-,5-,6-,7-,8-,9-,10+,11+,12-,13-,14+,15-,16?,17+,18-/m1/s1. The third-order valence-corrected chi connectivity index (χ3v) is 6.10. The highest BCUT2D eigenvalue weighted by atomic mass is 16.8. The summed E-state index contributed by atoms with van der Waals surface area (Å²) in [6.45, 7) is -2.34. The van der Waals surface area contributed by atoms with E-state index in [0.717, 1.165) is 0 Å². The molecular weight excluding hydrogens is 472 g/mol. The van der Waals surface area contributed by atoms with Crippen LogP contribution in [0.4, 0.5) is 0 Å². The lowest BCUT2D eigenvalue weighted by Crippen LogP contribution is -2.67. The second-order valence-corrected chi connectivity index (χ2v) is 8.33. The van der Waals surface area contributed by atoms with Crippen molar-refractivity contribution in [1.29, 1.82) is 0 Å². The van der Waals surface area contributed by atoms with E-state index in [4.69, 9.17) is 23.7 Å². The summed E-state index contributed by atoms with van der Waals surface area (Å²) in [5, 5.41) is 110. The van der Waals surface area contributed by atoms with E-state index < -0.39 is 112 Å². The highest BCUT2D eigenvalue weighted by Crippen LogP contribution is 2.32. The molecule has 3 saturated heterocycles. The van der Waals surface area contributed by atoms with E-state index in [0.29, 0.717) is 0 Å². The van der Waals surface area contributed by atoms with Crippen LogP contribution in [0.2, 0.25) is 0 Å². The van der Waals surface area contributed by atoms with E-state index in [1.165, 1.54) is 0 Å². The smallest absolute Gasteiger partial charge is 0.187 e. The minimum Gasteiger partial charge on any atom is -0.394 e. The van der Waals surface area contributed by atoms with Crippen molar-refractivity contribution in [2.75, 3.05) is 19.8 Å². The van der Waals surface area contributed by atoms with E-state index in [9.17, 15) is 56.2 Å². The summed E-state index contributed by atoms with van der Waals surface area (Å²) in [6, 6.07) is 0. The number of rotatable bonds is 7. The SMILES string of the molecule is OC[C@H]1O[C@@H](O[C@H]2[C@@H](O[C@H]3[C@H](O)[C@@H](CO)OC(O)[C@@H]3O)O[C@H](CO)[C@@H](O)[C@@H]2O)[C@H](O)[C@@H](O)[C@@H]1O. The molecule has 3 aliphatic rings. The number of ether oxygens (including phenoxy) is 5. The second kappa shape index (κ2) is 11.6. The van der Waals surface area contributed by atoms with Crippen LogP contribution in [0, 0.1) is 0 Å². The zero-order valence-electron chi connectivity index (χ0n) is 17.7. The molecule has 0 aliphatic carbocycles. The van der Waals surface area contributed by atoms with Gasteiger partial charge in [0.2, 0.25) is 0 Å². The van der Waals surface area contributed by atoms with E-state index >= 15 is 0 Å². The summed E-state index contributed by atoms with van der Waals surface area (Å²) in [5.74, 6) is 0. The fourth-order valence-corrected chi connectivity index (χ4v) is 4.03. The van der Waals surface area contributed by atoms with Crippen molar-refractivity contribution in [2.24, 2.45) is 0 Å². The summed E-state index contributed by atoms with van der Waals surface area (Å²) >= 11 is 0. The largest absolute Gasteiger partial charge is 0.394 e. The van der Waals surface area contributed by atoms with Gasteiger partial charge < -0.3 is 79.9 Å². The lowest BCUT2D eigenvalue weighted by Gasteiger charge is -2.48. The van der Waals surface area contributed by atoms with Crippen molar-refractivity contribution in [3.63, 3.8) is 0 Å². The number of hydrogen-bond donors (Lipinski definition) is 11. The number of aliphatic hydroxyl groups is 11. The Balaban J connectivity index is 1.84. The van der Waals surface area contributed by atoms with Crippen LogP contribution >= 0.6 is 0 Å². The molecule has 3 rings (SSSR count). The number of aliphatic hydroxyl groups excluding tert-OH is 11. The Hall–Kier alpha value is -0.640. The molecule has 0 bridgehead atoms. The molecule has 0 saturated carbocycles. The molecular formula is C18H32O16. The van der Waals surface area contributed by atoms with Gasteiger partial charge in [-0.15, -0.1) is 0 Å². The first kappa shape index (κ1) is 27.9. The van der Waals surface area contributed by atoms with Gasteiger partial charge in [0.25, 0.3) is 0 Å². The summed E-state index contributed by atoms with van der Waals surface area (Å²) in [5.41, 5.74) is 0. The predicted octanol–water partition coefficient (Wildman–Crippen LogP) is -7.57. The van der Waals surface area contributed by atoms with Gasteiger partial charge in [-0.3, -0.25) is 0 Å². The summed E-state index contributed by atoms with van der Waals surface area (Å²) in [6.07, 6.45) is -25.7. The third kappa shape index (κ3) is 5.37. The van der Waals surface area contributed by atoms with Gasteiger partial charge in [0.05, 0.1) is 19.8 Å². The molecule has 16 heteroatoms. The van der Waals surface area contributed by atoms with Crippen LogP contribution in [0.25, 0.3) is 0 Å². The fraction of sp³-hybridized carbons (Fsp3) is 1.00. The van der Waals surface area contributed by atoms with Crippen LogP contribution in [-0.2, 0) is 23.7 Å². The first-order valence-electron chi connectivity index (χ1n) is 10.6. The molecule has 3 aliphatic heterocycles. The topological polar surface area (TPSA) is 269 Å². The van der Waals surface area contributed by atoms with E-state index in [2.05, 4.69) is 0 Å². The average molecular weight is 504 g/mol. The van der Waals surface area contributed by atoms with Crippen molar-refractivity contribution in [3.05, 3.63) is 0 Å². The lowest BCUT2D eigenvalue weighted by molar-refractivity contribution is -0.387. The molecule has 3 fully saturated rings. The van der Waals surface area contributed by atoms with Crippen LogP contribution < -0.4 is 0 Å². The Labute approximate surface area is 192 Å². The minimum absolute atomic E-state index is 0.762. The van der Waals surface area contributed by atoms with Crippen LogP contribution in [0.5, 0.6) is 0 Å². The fourth-order valence-electron chi connectivity index (χ4n) is 4.03.